The maximum Gasteiger partial charge on any atom is 0.240 e. The highest BCUT2D eigenvalue weighted by molar-refractivity contribution is 7.89. The van der Waals surface area contributed by atoms with Crippen molar-refractivity contribution in [3.63, 3.8) is 0 Å². The van der Waals surface area contributed by atoms with Crippen LogP contribution >= 0.6 is 0 Å². The Kier molecular flexibility index (Phi) is 4.08. The highest BCUT2D eigenvalue weighted by atomic mass is 32.2. The van der Waals surface area contributed by atoms with E-state index in [1.165, 1.54) is 25.7 Å². The molecule has 5 heteroatoms. The van der Waals surface area contributed by atoms with Gasteiger partial charge in [-0.15, -0.1) is 0 Å². The Labute approximate surface area is 127 Å². The van der Waals surface area contributed by atoms with Gasteiger partial charge in [0.05, 0.1) is 4.90 Å². The van der Waals surface area contributed by atoms with Gasteiger partial charge in [0.2, 0.25) is 10.0 Å². The molecule has 1 aromatic carbocycles. The number of aryl methyl sites for hydroxylation is 1. The Morgan fingerprint density at radius 2 is 2.10 bits per heavy atom. The van der Waals surface area contributed by atoms with Crippen LogP contribution in [0.3, 0.4) is 0 Å². The first-order valence-corrected chi connectivity index (χ1v) is 9.27. The smallest absolute Gasteiger partial charge is 0.240 e. The molecule has 116 valence electrons. The van der Waals surface area contributed by atoms with Crippen molar-refractivity contribution in [1.29, 1.82) is 0 Å². The van der Waals surface area contributed by atoms with E-state index in [1.807, 2.05) is 13.0 Å². The Hall–Kier alpha value is -0.910. The summed E-state index contributed by atoms with van der Waals surface area (Å²) < 4.78 is 27.8. The molecule has 2 aliphatic carbocycles. The van der Waals surface area contributed by atoms with Crippen molar-refractivity contribution < 1.29 is 8.42 Å². The van der Waals surface area contributed by atoms with Crippen molar-refractivity contribution in [2.45, 2.75) is 44.0 Å². The molecule has 0 spiro atoms. The lowest BCUT2D eigenvalue weighted by Crippen LogP contribution is -2.32. The number of rotatable bonds is 5. The van der Waals surface area contributed by atoms with Crippen molar-refractivity contribution in [3.8, 4) is 0 Å². The fourth-order valence-electron chi connectivity index (χ4n) is 4.06. The maximum absolute atomic E-state index is 12.5. The molecule has 0 aromatic heterocycles. The molecule has 3 rings (SSSR count). The van der Waals surface area contributed by atoms with Gasteiger partial charge < -0.3 is 5.73 Å². The minimum Gasteiger partial charge on any atom is -0.326 e. The number of hydrogen-bond donors (Lipinski definition) is 2. The second-order valence-corrected chi connectivity index (χ2v) is 8.33. The molecule has 0 heterocycles. The van der Waals surface area contributed by atoms with Crippen LogP contribution in [0.15, 0.2) is 23.1 Å². The average molecular weight is 308 g/mol. The minimum absolute atomic E-state index is 0.378. The van der Waals surface area contributed by atoms with E-state index in [-0.39, 0.29) is 0 Å². The van der Waals surface area contributed by atoms with Crippen LogP contribution in [0, 0.1) is 24.7 Å². The highest BCUT2D eigenvalue weighted by Crippen LogP contribution is 2.48. The van der Waals surface area contributed by atoms with Gasteiger partial charge in [0.25, 0.3) is 0 Å². The predicted molar refractivity (Wildman–Crippen MR) is 83.2 cm³/mol. The van der Waals surface area contributed by atoms with Crippen LogP contribution in [0.1, 0.15) is 36.8 Å². The minimum atomic E-state index is -3.41. The van der Waals surface area contributed by atoms with Gasteiger partial charge >= 0.3 is 0 Å². The molecule has 2 saturated carbocycles. The van der Waals surface area contributed by atoms with Crippen molar-refractivity contribution in [2.24, 2.45) is 23.5 Å². The van der Waals surface area contributed by atoms with Gasteiger partial charge in [-0.3, -0.25) is 0 Å². The third kappa shape index (κ3) is 3.00. The summed E-state index contributed by atoms with van der Waals surface area (Å²) in [6.45, 7) is 2.84. The second kappa shape index (κ2) is 5.71. The van der Waals surface area contributed by atoms with E-state index < -0.39 is 10.0 Å². The number of fused-ring (bicyclic) bond motifs is 2. The summed E-state index contributed by atoms with van der Waals surface area (Å²) in [4.78, 5) is 0.378. The molecule has 3 N–H and O–H groups in total. The summed E-state index contributed by atoms with van der Waals surface area (Å²) in [5.74, 6) is 2.11. The van der Waals surface area contributed by atoms with Crippen LogP contribution in [-0.2, 0) is 16.6 Å². The van der Waals surface area contributed by atoms with Crippen molar-refractivity contribution in [3.05, 3.63) is 29.3 Å². The molecule has 2 bridgehead atoms. The fraction of sp³-hybridized carbons (Fsp3) is 0.625. The number of sulfonamides is 1. The molecular formula is C16H24N2O2S. The van der Waals surface area contributed by atoms with Crippen molar-refractivity contribution >= 4 is 10.0 Å². The van der Waals surface area contributed by atoms with Crippen LogP contribution in [0.4, 0.5) is 0 Å². The molecule has 0 aliphatic heterocycles. The Bertz CT molecular complexity index is 627. The van der Waals surface area contributed by atoms with E-state index in [9.17, 15) is 8.42 Å². The normalized spacial score (nSPS) is 28.2. The molecule has 1 aromatic rings. The lowest BCUT2D eigenvalue weighted by atomic mass is 9.89. The Morgan fingerprint density at radius 3 is 2.67 bits per heavy atom. The highest BCUT2D eigenvalue weighted by Gasteiger charge is 2.39. The quantitative estimate of drug-likeness (QED) is 0.875. The van der Waals surface area contributed by atoms with E-state index in [1.54, 1.807) is 12.1 Å². The standard InChI is InChI=1S/C16H24N2O2S/c1-11-6-13(9-17)3-5-16(11)21(19,20)18-10-15-8-12-2-4-14(15)7-12/h3,5-6,12,14-15,18H,2,4,7-10,17H2,1H3. The summed E-state index contributed by atoms with van der Waals surface area (Å²) in [5, 5.41) is 0. The molecular weight excluding hydrogens is 284 g/mol. The van der Waals surface area contributed by atoms with Crippen LogP contribution in [0.5, 0.6) is 0 Å². The second-order valence-electron chi connectivity index (χ2n) is 6.59. The molecule has 0 radical (unpaired) electrons. The van der Waals surface area contributed by atoms with Crippen LogP contribution < -0.4 is 10.5 Å². The van der Waals surface area contributed by atoms with Crippen LogP contribution in [0.2, 0.25) is 0 Å². The summed E-state index contributed by atoms with van der Waals surface area (Å²) in [5.41, 5.74) is 7.31. The summed E-state index contributed by atoms with van der Waals surface area (Å²) in [6, 6.07) is 5.31. The van der Waals surface area contributed by atoms with Gasteiger partial charge in [0.1, 0.15) is 0 Å². The molecule has 2 aliphatic rings. The Morgan fingerprint density at radius 1 is 1.29 bits per heavy atom. The van der Waals surface area contributed by atoms with Gasteiger partial charge in [-0.1, -0.05) is 18.6 Å². The van der Waals surface area contributed by atoms with E-state index >= 15 is 0 Å². The number of nitrogens with two attached hydrogens (primary N) is 1. The van der Waals surface area contributed by atoms with E-state index in [0.717, 1.165) is 23.0 Å². The lowest BCUT2D eigenvalue weighted by molar-refractivity contribution is 0.333. The number of hydrogen-bond acceptors (Lipinski definition) is 3. The maximum atomic E-state index is 12.5. The van der Waals surface area contributed by atoms with Crippen LogP contribution in [-0.4, -0.2) is 15.0 Å². The first-order valence-electron chi connectivity index (χ1n) is 7.79. The lowest BCUT2D eigenvalue weighted by Gasteiger charge is -2.22. The molecule has 4 nitrogen and oxygen atoms in total. The van der Waals surface area contributed by atoms with Crippen molar-refractivity contribution in [2.75, 3.05) is 6.54 Å². The zero-order valence-corrected chi connectivity index (χ0v) is 13.3. The summed E-state index contributed by atoms with van der Waals surface area (Å²) >= 11 is 0. The third-order valence-electron chi connectivity index (χ3n) is 5.18. The zero-order chi connectivity index (χ0) is 15.0. The first-order chi connectivity index (χ1) is 9.99. The SMILES string of the molecule is Cc1cc(CN)ccc1S(=O)(=O)NCC1CC2CCC1C2. The summed E-state index contributed by atoms with van der Waals surface area (Å²) in [6.07, 6.45) is 5.11. The molecule has 3 unspecified atom stereocenters. The van der Waals surface area contributed by atoms with Crippen molar-refractivity contribution in [1.82, 2.24) is 4.72 Å². The van der Waals surface area contributed by atoms with Gasteiger partial charge in [-0.25, -0.2) is 13.1 Å². The topological polar surface area (TPSA) is 72.2 Å². The van der Waals surface area contributed by atoms with Gasteiger partial charge in [-0.2, -0.15) is 0 Å². The molecule has 21 heavy (non-hydrogen) atoms. The van der Waals surface area contributed by atoms with Gasteiger partial charge in [0.15, 0.2) is 0 Å². The number of nitrogens with one attached hydrogen (secondary N) is 1. The largest absolute Gasteiger partial charge is 0.326 e. The third-order valence-corrected chi connectivity index (χ3v) is 6.77. The monoisotopic (exact) mass is 308 g/mol. The molecule has 2 fully saturated rings. The van der Waals surface area contributed by atoms with Gasteiger partial charge in [0, 0.05) is 13.1 Å². The molecule has 0 saturated heterocycles. The Balaban J connectivity index is 1.69. The van der Waals surface area contributed by atoms with E-state index in [2.05, 4.69) is 4.72 Å². The zero-order valence-electron chi connectivity index (χ0n) is 12.5. The average Bonchev–Trinajstić information content (AvgIpc) is 3.07. The molecule has 3 atom stereocenters. The van der Waals surface area contributed by atoms with Gasteiger partial charge in [-0.05, 0) is 61.1 Å². The fourth-order valence-corrected chi connectivity index (χ4v) is 5.38. The summed E-state index contributed by atoms with van der Waals surface area (Å²) in [7, 11) is -3.41. The van der Waals surface area contributed by atoms with E-state index in [0.29, 0.717) is 23.9 Å². The van der Waals surface area contributed by atoms with Crippen LogP contribution in [0.25, 0.3) is 0 Å². The van der Waals surface area contributed by atoms with E-state index in [4.69, 9.17) is 5.73 Å². The molecule has 0 amide bonds. The predicted octanol–water partition coefficient (Wildman–Crippen LogP) is 2.17. The number of benzene rings is 1. The first kappa shape index (κ1) is 15.0.